The highest BCUT2D eigenvalue weighted by atomic mass is 79.9. The molecule has 0 radical (unpaired) electrons. The molecule has 2 rings (SSSR count). The molecule has 96 valence electrons. The maximum atomic E-state index is 5.38. The Morgan fingerprint density at radius 1 is 1.39 bits per heavy atom. The summed E-state index contributed by atoms with van der Waals surface area (Å²) in [6.07, 6.45) is 0. The molecular weight excluding hydrogens is 310 g/mol. The third-order valence-corrected chi connectivity index (χ3v) is 4.51. The highest BCUT2D eigenvalue weighted by Crippen LogP contribution is 2.25. The standard InChI is InChI=1S/C14H16BrNOS/c1-10(13-5-3-4-6-14(13)17-2)16-8-12-7-11(15)9-18-12/h3-7,9-10,16H,8H2,1-2H3. The first kappa shape index (κ1) is 13.6. The summed E-state index contributed by atoms with van der Waals surface area (Å²) in [6.45, 7) is 3.02. The Kier molecular flexibility index (Phi) is 4.80. The van der Waals surface area contributed by atoms with Crippen LogP contribution in [0.3, 0.4) is 0 Å². The van der Waals surface area contributed by atoms with Gasteiger partial charge in [-0.3, -0.25) is 0 Å². The van der Waals surface area contributed by atoms with Gasteiger partial charge in [0.2, 0.25) is 0 Å². The first-order chi connectivity index (χ1) is 8.70. The van der Waals surface area contributed by atoms with Crippen molar-refractivity contribution in [3.63, 3.8) is 0 Å². The van der Waals surface area contributed by atoms with Crippen LogP contribution in [0.5, 0.6) is 5.75 Å². The fraction of sp³-hybridized carbons (Fsp3) is 0.286. The fourth-order valence-electron chi connectivity index (χ4n) is 1.83. The zero-order chi connectivity index (χ0) is 13.0. The van der Waals surface area contributed by atoms with E-state index in [2.05, 4.69) is 45.7 Å². The number of thiophene rings is 1. The Balaban J connectivity index is 2.01. The SMILES string of the molecule is COc1ccccc1C(C)NCc1cc(Br)cs1. The molecule has 2 aromatic rings. The molecule has 1 aromatic heterocycles. The third-order valence-electron chi connectivity index (χ3n) is 2.81. The summed E-state index contributed by atoms with van der Waals surface area (Å²) in [5.74, 6) is 0.935. The lowest BCUT2D eigenvalue weighted by Gasteiger charge is -2.16. The number of rotatable bonds is 5. The van der Waals surface area contributed by atoms with E-state index in [1.165, 1.54) is 10.4 Å². The van der Waals surface area contributed by atoms with Crippen LogP contribution in [0.4, 0.5) is 0 Å². The fourth-order valence-corrected chi connectivity index (χ4v) is 3.24. The lowest BCUT2D eigenvalue weighted by atomic mass is 10.1. The molecule has 18 heavy (non-hydrogen) atoms. The van der Waals surface area contributed by atoms with Crippen molar-refractivity contribution in [3.8, 4) is 5.75 Å². The number of nitrogens with one attached hydrogen (secondary N) is 1. The van der Waals surface area contributed by atoms with Gasteiger partial charge in [-0.1, -0.05) is 18.2 Å². The van der Waals surface area contributed by atoms with Crippen LogP contribution < -0.4 is 10.1 Å². The largest absolute Gasteiger partial charge is 0.496 e. The van der Waals surface area contributed by atoms with Gasteiger partial charge in [-0.15, -0.1) is 11.3 Å². The molecule has 0 saturated heterocycles. The Bertz CT molecular complexity index is 512. The first-order valence-corrected chi connectivity index (χ1v) is 7.47. The predicted molar refractivity (Wildman–Crippen MR) is 80.3 cm³/mol. The average Bonchev–Trinajstić information content (AvgIpc) is 2.81. The van der Waals surface area contributed by atoms with E-state index in [4.69, 9.17) is 4.74 Å². The minimum atomic E-state index is 0.266. The van der Waals surface area contributed by atoms with E-state index in [0.29, 0.717) is 0 Å². The van der Waals surface area contributed by atoms with Crippen molar-refractivity contribution in [2.75, 3.05) is 7.11 Å². The molecule has 1 aromatic carbocycles. The molecule has 0 saturated carbocycles. The molecular formula is C14H16BrNOS. The Hall–Kier alpha value is -0.840. The zero-order valence-corrected chi connectivity index (χ0v) is 12.8. The van der Waals surface area contributed by atoms with Crippen LogP contribution in [-0.4, -0.2) is 7.11 Å². The predicted octanol–water partition coefficient (Wildman–Crippen LogP) is 4.37. The van der Waals surface area contributed by atoms with Crippen molar-refractivity contribution in [3.05, 3.63) is 50.6 Å². The number of hydrogen-bond acceptors (Lipinski definition) is 3. The monoisotopic (exact) mass is 325 g/mol. The number of para-hydroxylation sites is 1. The van der Waals surface area contributed by atoms with Crippen LogP contribution in [-0.2, 0) is 6.54 Å². The quantitative estimate of drug-likeness (QED) is 0.881. The summed E-state index contributed by atoms with van der Waals surface area (Å²) in [5, 5.41) is 5.61. The lowest BCUT2D eigenvalue weighted by Crippen LogP contribution is -2.18. The van der Waals surface area contributed by atoms with Gasteiger partial charge in [-0.05, 0) is 35.0 Å². The normalized spacial score (nSPS) is 12.4. The van der Waals surface area contributed by atoms with Crippen LogP contribution in [0, 0.1) is 0 Å². The lowest BCUT2D eigenvalue weighted by molar-refractivity contribution is 0.401. The van der Waals surface area contributed by atoms with Crippen LogP contribution in [0.15, 0.2) is 40.2 Å². The molecule has 0 spiro atoms. The molecule has 1 unspecified atom stereocenters. The van der Waals surface area contributed by atoms with Crippen molar-refractivity contribution in [2.24, 2.45) is 0 Å². The molecule has 0 aliphatic carbocycles. The van der Waals surface area contributed by atoms with Crippen LogP contribution >= 0.6 is 27.3 Å². The van der Waals surface area contributed by atoms with E-state index < -0.39 is 0 Å². The summed E-state index contributed by atoms with van der Waals surface area (Å²) in [4.78, 5) is 1.32. The topological polar surface area (TPSA) is 21.3 Å². The average molecular weight is 326 g/mol. The van der Waals surface area contributed by atoms with Gasteiger partial charge in [-0.2, -0.15) is 0 Å². The number of halogens is 1. The number of benzene rings is 1. The van der Waals surface area contributed by atoms with Gasteiger partial charge < -0.3 is 10.1 Å². The molecule has 0 aliphatic rings. The van der Waals surface area contributed by atoms with E-state index in [-0.39, 0.29) is 6.04 Å². The van der Waals surface area contributed by atoms with E-state index in [0.717, 1.165) is 16.8 Å². The number of ether oxygens (including phenoxy) is 1. The van der Waals surface area contributed by atoms with Crippen LogP contribution in [0.1, 0.15) is 23.4 Å². The third kappa shape index (κ3) is 3.34. The minimum Gasteiger partial charge on any atom is -0.496 e. The van der Waals surface area contributed by atoms with E-state index >= 15 is 0 Å². The van der Waals surface area contributed by atoms with Crippen LogP contribution in [0.2, 0.25) is 0 Å². The maximum Gasteiger partial charge on any atom is 0.123 e. The summed E-state index contributed by atoms with van der Waals surface area (Å²) in [7, 11) is 1.71. The van der Waals surface area contributed by atoms with Gasteiger partial charge in [0.15, 0.2) is 0 Å². The van der Waals surface area contributed by atoms with Crippen LogP contribution in [0.25, 0.3) is 0 Å². The number of methoxy groups -OCH3 is 1. The second-order valence-electron chi connectivity index (χ2n) is 4.08. The molecule has 0 bridgehead atoms. The molecule has 1 atom stereocenters. The van der Waals surface area contributed by atoms with Gasteiger partial charge in [0.25, 0.3) is 0 Å². The zero-order valence-electron chi connectivity index (χ0n) is 10.4. The van der Waals surface area contributed by atoms with Gasteiger partial charge in [-0.25, -0.2) is 0 Å². The summed E-state index contributed by atoms with van der Waals surface area (Å²) >= 11 is 5.23. The van der Waals surface area contributed by atoms with E-state index in [1.807, 2.05) is 18.2 Å². The first-order valence-electron chi connectivity index (χ1n) is 5.80. The van der Waals surface area contributed by atoms with Gasteiger partial charge in [0.05, 0.1) is 7.11 Å². The smallest absolute Gasteiger partial charge is 0.123 e. The van der Waals surface area contributed by atoms with Gasteiger partial charge >= 0.3 is 0 Å². The molecule has 0 fully saturated rings. The Labute approximate surface area is 120 Å². The molecule has 0 amide bonds. The molecule has 1 N–H and O–H groups in total. The molecule has 2 nitrogen and oxygen atoms in total. The molecule has 0 aliphatic heterocycles. The highest BCUT2D eigenvalue weighted by molar-refractivity contribution is 9.10. The molecule has 4 heteroatoms. The summed E-state index contributed by atoms with van der Waals surface area (Å²) < 4.78 is 6.53. The Morgan fingerprint density at radius 2 is 2.17 bits per heavy atom. The second kappa shape index (κ2) is 6.36. The van der Waals surface area contributed by atoms with Crippen molar-refractivity contribution in [1.82, 2.24) is 5.32 Å². The van der Waals surface area contributed by atoms with Gasteiger partial charge in [0, 0.05) is 32.9 Å². The summed E-state index contributed by atoms with van der Waals surface area (Å²) in [5.41, 5.74) is 1.19. The minimum absolute atomic E-state index is 0.266. The van der Waals surface area contributed by atoms with E-state index in [9.17, 15) is 0 Å². The van der Waals surface area contributed by atoms with Crippen molar-refractivity contribution >= 4 is 27.3 Å². The second-order valence-corrected chi connectivity index (χ2v) is 5.99. The Morgan fingerprint density at radius 3 is 2.83 bits per heavy atom. The number of hydrogen-bond donors (Lipinski definition) is 1. The van der Waals surface area contributed by atoms with E-state index in [1.54, 1.807) is 18.4 Å². The summed E-state index contributed by atoms with van der Waals surface area (Å²) in [6, 6.07) is 10.5. The van der Waals surface area contributed by atoms with Crippen molar-refractivity contribution in [1.29, 1.82) is 0 Å². The van der Waals surface area contributed by atoms with Gasteiger partial charge in [0.1, 0.15) is 5.75 Å². The van der Waals surface area contributed by atoms with Crippen molar-refractivity contribution < 1.29 is 4.74 Å². The van der Waals surface area contributed by atoms with Crippen molar-refractivity contribution in [2.45, 2.75) is 19.5 Å². The molecule has 1 heterocycles. The highest BCUT2D eigenvalue weighted by Gasteiger charge is 2.10. The maximum absolute atomic E-state index is 5.38.